The van der Waals surface area contributed by atoms with Gasteiger partial charge < -0.3 is 9.73 Å². The number of aromatic nitrogens is 1. The summed E-state index contributed by atoms with van der Waals surface area (Å²) in [6, 6.07) is 19.5. The highest BCUT2D eigenvalue weighted by atomic mass is 16.4. The zero-order valence-corrected chi connectivity index (χ0v) is 12.2. The normalized spacial score (nSPS) is 10.4. The van der Waals surface area contributed by atoms with Crippen LogP contribution in [0.3, 0.4) is 0 Å². The van der Waals surface area contributed by atoms with E-state index in [1.165, 1.54) is 6.92 Å². The van der Waals surface area contributed by atoms with Crippen molar-refractivity contribution in [1.82, 2.24) is 10.3 Å². The molecule has 4 heteroatoms. The van der Waals surface area contributed by atoms with Crippen LogP contribution < -0.4 is 5.32 Å². The Labute approximate surface area is 128 Å². The van der Waals surface area contributed by atoms with Gasteiger partial charge in [0.15, 0.2) is 5.76 Å². The maximum absolute atomic E-state index is 11.2. The quantitative estimate of drug-likeness (QED) is 0.798. The fraction of sp³-hybridized carbons (Fsp3) is 0.111. The molecule has 0 aliphatic heterocycles. The third-order valence-electron chi connectivity index (χ3n) is 3.26. The number of hydrogen-bond acceptors (Lipinski definition) is 3. The Morgan fingerprint density at radius 3 is 2.18 bits per heavy atom. The van der Waals surface area contributed by atoms with Gasteiger partial charge in [0, 0.05) is 18.1 Å². The molecule has 1 N–H and O–H groups in total. The van der Waals surface area contributed by atoms with Gasteiger partial charge in [-0.3, -0.25) is 4.79 Å². The first kappa shape index (κ1) is 14.1. The van der Waals surface area contributed by atoms with Crippen molar-refractivity contribution < 1.29 is 9.21 Å². The van der Waals surface area contributed by atoms with Crippen molar-refractivity contribution in [2.75, 3.05) is 0 Å². The Balaban J connectivity index is 2.03. The van der Waals surface area contributed by atoms with Crippen LogP contribution in [0.4, 0.5) is 0 Å². The molecule has 0 spiro atoms. The van der Waals surface area contributed by atoms with E-state index in [1.807, 2.05) is 60.7 Å². The summed E-state index contributed by atoms with van der Waals surface area (Å²) in [5, 5.41) is 2.78. The lowest BCUT2D eigenvalue weighted by Gasteiger charge is -2.01. The van der Waals surface area contributed by atoms with E-state index in [2.05, 4.69) is 10.3 Å². The Morgan fingerprint density at radius 2 is 1.59 bits per heavy atom. The molecule has 2 aromatic carbocycles. The topological polar surface area (TPSA) is 55.1 Å². The smallest absolute Gasteiger partial charge is 0.227 e. The highest BCUT2D eigenvalue weighted by Crippen LogP contribution is 2.29. The minimum Gasteiger partial charge on any atom is -0.436 e. The second-order valence-electron chi connectivity index (χ2n) is 4.94. The lowest BCUT2D eigenvalue weighted by molar-refractivity contribution is -0.119. The van der Waals surface area contributed by atoms with Gasteiger partial charge in [-0.15, -0.1) is 0 Å². The first-order chi connectivity index (χ1) is 10.7. The maximum atomic E-state index is 11.2. The number of amides is 1. The number of nitrogens with one attached hydrogen (secondary N) is 1. The molecular weight excluding hydrogens is 276 g/mol. The van der Waals surface area contributed by atoms with Crippen molar-refractivity contribution in [3.05, 3.63) is 66.4 Å². The average molecular weight is 292 g/mol. The van der Waals surface area contributed by atoms with Gasteiger partial charge in [-0.05, 0) is 12.1 Å². The van der Waals surface area contributed by atoms with E-state index in [4.69, 9.17) is 4.42 Å². The van der Waals surface area contributed by atoms with Crippen LogP contribution in [-0.2, 0) is 11.3 Å². The molecule has 110 valence electrons. The van der Waals surface area contributed by atoms with Gasteiger partial charge in [-0.25, -0.2) is 4.98 Å². The van der Waals surface area contributed by atoms with Crippen LogP contribution in [0.15, 0.2) is 65.1 Å². The molecule has 0 unspecified atom stereocenters. The van der Waals surface area contributed by atoms with Crippen molar-refractivity contribution in [3.63, 3.8) is 0 Å². The predicted octanol–water partition coefficient (Wildman–Crippen LogP) is 3.64. The van der Waals surface area contributed by atoms with Crippen molar-refractivity contribution in [2.24, 2.45) is 0 Å². The monoisotopic (exact) mass is 292 g/mol. The molecule has 0 fully saturated rings. The van der Waals surface area contributed by atoms with Crippen molar-refractivity contribution >= 4 is 5.91 Å². The molecule has 0 bridgehead atoms. The van der Waals surface area contributed by atoms with Crippen molar-refractivity contribution in [2.45, 2.75) is 13.5 Å². The Bertz CT molecular complexity index is 764. The van der Waals surface area contributed by atoms with E-state index in [1.54, 1.807) is 0 Å². The highest BCUT2D eigenvalue weighted by Gasteiger charge is 2.16. The summed E-state index contributed by atoms with van der Waals surface area (Å²) in [5.74, 6) is 1.15. The summed E-state index contributed by atoms with van der Waals surface area (Å²) in [6.45, 7) is 1.83. The number of nitrogens with zero attached hydrogens (tertiary/aromatic N) is 1. The molecule has 0 aliphatic rings. The first-order valence-corrected chi connectivity index (χ1v) is 7.09. The molecule has 4 nitrogen and oxygen atoms in total. The summed E-state index contributed by atoms with van der Waals surface area (Å²) in [5.41, 5.74) is 2.58. The first-order valence-electron chi connectivity index (χ1n) is 7.09. The maximum Gasteiger partial charge on any atom is 0.227 e. The van der Waals surface area contributed by atoms with Gasteiger partial charge in [0.05, 0.1) is 6.54 Å². The van der Waals surface area contributed by atoms with E-state index in [-0.39, 0.29) is 5.91 Å². The fourth-order valence-corrected chi connectivity index (χ4v) is 2.20. The third kappa shape index (κ3) is 3.06. The van der Waals surface area contributed by atoms with E-state index in [0.29, 0.717) is 18.2 Å². The number of carbonyl (C=O) groups is 1. The molecule has 1 heterocycles. The van der Waals surface area contributed by atoms with Crippen LogP contribution in [0.2, 0.25) is 0 Å². The summed E-state index contributed by atoms with van der Waals surface area (Å²) in [6.07, 6.45) is 0. The second-order valence-corrected chi connectivity index (χ2v) is 4.94. The largest absolute Gasteiger partial charge is 0.436 e. The van der Waals surface area contributed by atoms with Crippen LogP contribution in [0, 0.1) is 0 Å². The second kappa shape index (κ2) is 6.26. The Morgan fingerprint density at radius 1 is 1.00 bits per heavy atom. The van der Waals surface area contributed by atoms with Crippen LogP contribution in [0.1, 0.15) is 12.6 Å². The molecule has 1 aromatic heterocycles. The van der Waals surface area contributed by atoms with Crippen LogP contribution >= 0.6 is 0 Å². The molecular formula is C18H16N2O2. The van der Waals surface area contributed by atoms with E-state index >= 15 is 0 Å². The molecule has 3 aromatic rings. The van der Waals surface area contributed by atoms with Gasteiger partial charge >= 0.3 is 0 Å². The number of oxazole rings is 1. The van der Waals surface area contributed by atoms with Gasteiger partial charge in [0.25, 0.3) is 0 Å². The molecule has 0 saturated carbocycles. The van der Waals surface area contributed by atoms with Crippen LogP contribution in [0.5, 0.6) is 0 Å². The fourth-order valence-electron chi connectivity index (χ4n) is 2.20. The van der Waals surface area contributed by atoms with Gasteiger partial charge in [0.1, 0.15) is 5.69 Å². The zero-order valence-electron chi connectivity index (χ0n) is 12.2. The summed E-state index contributed by atoms with van der Waals surface area (Å²) >= 11 is 0. The summed E-state index contributed by atoms with van der Waals surface area (Å²) in [4.78, 5) is 15.7. The molecule has 0 radical (unpaired) electrons. The zero-order chi connectivity index (χ0) is 15.4. The molecule has 3 rings (SSSR count). The Hall–Kier alpha value is -2.88. The number of hydrogen-bond donors (Lipinski definition) is 1. The minimum absolute atomic E-state index is 0.0942. The number of carbonyl (C=O) groups excluding carboxylic acids is 1. The number of rotatable bonds is 4. The standard InChI is InChI=1S/C18H16N2O2/c1-13(21)19-12-16-17(14-8-4-2-5-9-14)22-18(20-16)15-10-6-3-7-11-15/h2-11H,12H2,1H3,(H,19,21). The SMILES string of the molecule is CC(=O)NCc1nc(-c2ccccc2)oc1-c1ccccc1. The average Bonchev–Trinajstić information content (AvgIpc) is 2.99. The number of benzene rings is 2. The third-order valence-corrected chi connectivity index (χ3v) is 3.26. The summed E-state index contributed by atoms with van der Waals surface area (Å²) < 4.78 is 5.96. The molecule has 0 atom stereocenters. The van der Waals surface area contributed by atoms with Crippen LogP contribution in [-0.4, -0.2) is 10.9 Å². The predicted molar refractivity (Wildman–Crippen MR) is 84.9 cm³/mol. The molecule has 22 heavy (non-hydrogen) atoms. The lowest BCUT2D eigenvalue weighted by atomic mass is 10.1. The lowest BCUT2D eigenvalue weighted by Crippen LogP contribution is -2.19. The Kier molecular flexibility index (Phi) is 4.01. The van der Waals surface area contributed by atoms with E-state index in [9.17, 15) is 4.79 Å². The van der Waals surface area contributed by atoms with Crippen molar-refractivity contribution in [1.29, 1.82) is 0 Å². The van der Waals surface area contributed by atoms with E-state index < -0.39 is 0 Å². The van der Waals surface area contributed by atoms with Crippen LogP contribution in [0.25, 0.3) is 22.8 Å². The summed E-state index contributed by atoms with van der Waals surface area (Å²) in [7, 11) is 0. The van der Waals surface area contributed by atoms with E-state index in [0.717, 1.165) is 16.8 Å². The minimum atomic E-state index is -0.0942. The van der Waals surface area contributed by atoms with Gasteiger partial charge in [0.2, 0.25) is 11.8 Å². The molecule has 0 saturated heterocycles. The highest BCUT2D eigenvalue weighted by molar-refractivity contribution is 5.73. The van der Waals surface area contributed by atoms with Gasteiger partial charge in [-0.1, -0.05) is 48.5 Å². The molecule has 1 amide bonds. The molecule has 0 aliphatic carbocycles. The van der Waals surface area contributed by atoms with Gasteiger partial charge in [-0.2, -0.15) is 0 Å². The van der Waals surface area contributed by atoms with Crippen molar-refractivity contribution in [3.8, 4) is 22.8 Å².